The van der Waals surface area contributed by atoms with Crippen LogP contribution in [0.3, 0.4) is 0 Å². The Kier molecular flexibility index (Phi) is 3.25. The number of nitrogens with one attached hydrogen (secondary N) is 1. The molecule has 1 heteroatoms. The van der Waals surface area contributed by atoms with Crippen LogP contribution in [0, 0.1) is 22.7 Å². The predicted octanol–water partition coefficient (Wildman–Crippen LogP) is 4.37. The average molecular weight is 249 g/mol. The van der Waals surface area contributed by atoms with E-state index in [2.05, 4.69) is 26.1 Å². The highest BCUT2D eigenvalue weighted by atomic mass is 14.9. The van der Waals surface area contributed by atoms with Crippen LogP contribution in [0.5, 0.6) is 0 Å². The normalized spacial score (nSPS) is 35.5. The molecule has 104 valence electrons. The molecule has 0 aromatic carbocycles. The van der Waals surface area contributed by atoms with Crippen LogP contribution in [-0.2, 0) is 0 Å². The topological polar surface area (TPSA) is 12.0 Å². The molecule has 3 aliphatic carbocycles. The van der Waals surface area contributed by atoms with Crippen LogP contribution in [0.1, 0.15) is 72.1 Å². The maximum absolute atomic E-state index is 3.92. The number of hydrogen-bond acceptors (Lipinski definition) is 1. The highest BCUT2D eigenvalue weighted by Gasteiger charge is 2.53. The zero-order chi connectivity index (χ0) is 12.8. The second-order valence-corrected chi connectivity index (χ2v) is 8.43. The average Bonchev–Trinajstić information content (AvgIpc) is 3.17. The molecule has 3 fully saturated rings. The second kappa shape index (κ2) is 4.51. The molecule has 0 radical (unpaired) electrons. The molecule has 0 aromatic rings. The third kappa shape index (κ3) is 2.76. The maximum atomic E-state index is 3.92. The van der Waals surface area contributed by atoms with Gasteiger partial charge in [0.05, 0.1) is 0 Å². The minimum Gasteiger partial charge on any atom is -0.313 e. The Bertz CT molecular complexity index is 285. The van der Waals surface area contributed by atoms with Crippen molar-refractivity contribution in [3.8, 4) is 0 Å². The molecule has 0 amide bonds. The molecule has 3 rings (SSSR count). The molecule has 0 heterocycles. The van der Waals surface area contributed by atoms with Crippen LogP contribution in [-0.4, -0.2) is 12.6 Å². The van der Waals surface area contributed by atoms with Gasteiger partial charge in [-0.3, -0.25) is 0 Å². The van der Waals surface area contributed by atoms with Crippen molar-refractivity contribution in [2.24, 2.45) is 22.7 Å². The number of hydrogen-bond donors (Lipinski definition) is 1. The Labute approximate surface area is 113 Å². The molecular weight excluding hydrogens is 218 g/mol. The van der Waals surface area contributed by atoms with Gasteiger partial charge >= 0.3 is 0 Å². The first kappa shape index (κ1) is 13.0. The Morgan fingerprint density at radius 1 is 0.944 bits per heavy atom. The van der Waals surface area contributed by atoms with E-state index in [0.717, 1.165) is 23.3 Å². The van der Waals surface area contributed by atoms with Gasteiger partial charge < -0.3 is 5.32 Å². The zero-order valence-corrected chi connectivity index (χ0v) is 12.6. The van der Waals surface area contributed by atoms with Gasteiger partial charge in [0.1, 0.15) is 0 Å². The molecule has 0 aromatic heterocycles. The van der Waals surface area contributed by atoms with E-state index in [1.165, 1.54) is 57.9 Å². The Balaban J connectivity index is 1.41. The molecular formula is C17H31N. The van der Waals surface area contributed by atoms with Gasteiger partial charge in [-0.2, -0.15) is 0 Å². The largest absolute Gasteiger partial charge is 0.313 e. The summed E-state index contributed by atoms with van der Waals surface area (Å²) in [6.07, 6.45) is 11.8. The van der Waals surface area contributed by atoms with Crippen molar-refractivity contribution in [3.05, 3.63) is 0 Å². The quantitative estimate of drug-likeness (QED) is 0.780. The molecule has 0 unspecified atom stereocenters. The van der Waals surface area contributed by atoms with Gasteiger partial charge in [0.25, 0.3) is 0 Å². The van der Waals surface area contributed by atoms with E-state index >= 15 is 0 Å². The van der Waals surface area contributed by atoms with E-state index in [1.807, 2.05) is 0 Å². The van der Waals surface area contributed by atoms with E-state index < -0.39 is 0 Å². The Morgan fingerprint density at radius 3 is 2.00 bits per heavy atom. The van der Waals surface area contributed by atoms with Crippen LogP contribution >= 0.6 is 0 Å². The van der Waals surface area contributed by atoms with Crippen molar-refractivity contribution in [2.45, 2.75) is 78.2 Å². The van der Waals surface area contributed by atoms with Gasteiger partial charge in [0.15, 0.2) is 0 Å². The molecule has 18 heavy (non-hydrogen) atoms. The van der Waals surface area contributed by atoms with Crippen molar-refractivity contribution in [3.63, 3.8) is 0 Å². The summed E-state index contributed by atoms with van der Waals surface area (Å²) in [5, 5.41) is 3.92. The minimum absolute atomic E-state index is 0.525. The van der Waals surface area contributed by atoms with Gasteiger partial charge in [0, 0.05) is 12.6 Å². The highest BCUT2D eigenvalue weighted by molar-refractivity contribution is 5.05. The van der Waals surface area contributed by atoms with Crippen LogP contribution in [0.25, 0.3) is 0 Å². The van der Waals surface area contributed by atoms with Gasteiger partial charge in [-0.15, -0.1) is 0 Å². The van der Waals surface area contributed by atoms with E-state index in [0.29, 0.717) is 5.41 Å². The van der Waals surface area contributed by atoms with Gasteiger partial charge in [0.2, 0.25) is 0 Å². The summed E-state index contributed by atoms with van der Waals surface area (Å²) in [5.74, 6) is 2.06. The molecule has 0 saturated heterocycles. The smallest absolute Gasteiger partial charge is 0.00675 e. The lowest BCUT2D eigenvalue weighted by Crippen LogP contribution is -2.39. The summed E-state index contributed by atoms with van der Waals surface area (Å²) in [5.41, 5.74) is 1.30. The SMILES string of the molecule is CC(C)(C)C1CCC(NCC2(C3CC3)CC2)CC1. The van der Waals surface area contributed by atoms with Crippen LogP contribution < -0.4 is 5.32 Å². The lowest BCUT2D eigenvalue weighted by molar-refractivity contribution is 0.157. The molecule has 3 aliphatic rings. The fraction of sp³-hybridized carbons (Fsp3) is 1.00. The summed E-state index contributed by atoms with van der Waals surface area (Å²) in [6, 6.07) is 0.833. The minimum atomic E-state index is 0.525. The van der Waals surface area contributed by atoms with E-state index in [4.69, 9.17) is 0 Å². The maximum Gasteiger partial charge on any atom is 0.00675 e. The third-order valence-electron chi connectivity index (χ3n) is 6.03. The second-order valence-electron chi connectivity index (χ2n) is 8.43. The molecule has 0 aliphatic heterocycles. The highest BCUT2D eigenvalue weighted by Crippen LogP contribution is 2.60. The fourth-order valence-electron chi connectivity index (χ4n) is 4.10. The number of rotatable bonds is 4. The third-order valence-corrected chi connectivity index (χ3v) is 6.03. The summed E-state index contributed by atoms with van der Waals surface area (Å²) >= 11 is 0. The first-order valence-corrected chi connectivity index (χ1v) is 8.23. The first-order chi connectivity index (χ1) is 8.50. The lowest BCUT2D eigenvalue weighted by atomic mass is 9.71. The fourth-order valence-corrected chi connectivity index (χ4v) is 4.10. The van der Waals surface area contributed by atoms with Crippen molar-refractivity contribution < 1.29 is 0 Å². The standard InChI is InChI=1S/C17H31N/c1-16(2,3)13-6-8-15(9-7-13)18-12-17(10-11-17)14-4-5-14/h13-15,18H,4-12H2,1-3H3. The van der Waals surface area contributed by atoms with E-state index in [1.54, 1.807) is 0 Å². The zero-order valence-electron chi connectivity index (χ0n) is 12.6. The lowest BCUT2D eigenvalue weighted by Gasteiger charge is -2.37. The van der Waals surface area contributed by atoms with Crippen LogP contribution in [0.4, 0.5) is 0 Å². The molecule has 0 bridgehead atoms. The summed E-state index contributed by atoms with van der Waals surface area (Å²) in [4.78, 5) is 0. The Morgan fingerprint density at radius 2 is 1.56 bits per heavy atom. The van der Waals surface area contributed by atoms with Crippen molar-refractivity contribution >= 4 is 0 Å². The summed E-state index contributed by atoms with van der Waals surface area (Å²) < 4.78 is 0. The van der Waals surface area contributed by atoms with E-state index in [9.17, 15) is 0 Å². The molecule has 1 nitrogen and oxygen atoms in total. The monoisotopic (exact) mass is 249 g/mol. The van der Waals surface area contributed by atoms with Crippen molar-refractivity contribution in [2.75, 3.05) is 6.54 Å². The van der Waals surface area contributed by atoms with Gasteiger partial charge in [-0.05, 0) is 74.0 Å². The van der Waals surface area contributed by atoms with Gasteiger partial charge in [-0.25, -0.2) is 0 Å². The first-order valence-electron chi connectivity index (χ1n) is 8.23. The Hall–Kier alpha value is -0.0400. The summed E-state index contributed by atoms with van der Waals surface area (Å²) in [7, 11) is 0. The molecule has 0 spiro atoms. The van der Waals surface area contributed by atoms with Crippen molar-refractivity contribution in [1.82, 2.24) is 5.32 Å². The van der Waals surface area contributed by atoms with Crippen molar-refractivity contribution in [1.29, 1.82) is 0 Å². The van der Waals surface area contributed by atoms with Crippen LogP contribution in [0.2, 0.25) is 0 Å². The van der Waals surface area contributed by atoms with Gasteiger partial charge in [-0.1, -0.05) is 20.8 Å². The van der Waals surface area contributed by atoms with E-state index in [-0.39, 0.29) is 0 Å². The molecule has 1 N–H and O–H groups in total. The predicted molar refractivity (Wildman–Crippen MR) is 77.6 cm³/mol. The van der Waals surface area contributed by atoms with Crippen LogP contribution in [0.15, 0.2) is 0 Å². The molecule has 0 atom stereocenters. The molecule has 3 saturated carbocycles. The summed E-state index contributed by atoms with van der Waals surface area (Å²) in [6.45, 7) is 8.58.